The predicted octanol–water partition coefficient (Wildman–Crippen LogP) is 3.73. The number of rotatable bonds is 26. The zero-order valence-corrected chi connectivity index (χ0v) is 20.2. The summed E-state index contributed by atoms with van der Waals surface area (Å²) in [6, 6.07) is 0. The minimum absolute atomic E-state index is 0.0356. The first-order valence-electron chi connectivity index (χ1n) is 12.5. The van der Waals surface area contributed by atoms with Crippen LogP contribution in [0.5, 0.6) is 0 Å². The van der Waals surface area contributed by atoms with Crippen molar-refractivity contribution in [2.45, 2.75) is 90.3 Å². The molecule has 0 rings (SSSR count). The van der Waals surface area contributed by atoms with Gasteiger partial charge in [-0.1, -0.05) is 65.2 Å². The maximum Gasteiger partial charge on any atom is 0.0813 e. The van der Waals surface area contributed by atoms with E-state index in [0.717, 1.165) is 25.7 Å². The van der Waals surface area contributed by atoms with Crippen molar-refractivity contribution in [2.75, 3.05) is 66.1 Å². The summed E-state index contributed by atoms with van der Waals surface area (Å²) in [5, 5.41) is 17.5. The maximum absolute atomic E-state index is 8.77. The summed E-state index contributed by atoms with van der Waals surface area (Å²) in [6.45, 7) is 8.30. The quantitative estimate of drug-likeness (QED) is 0.194. The molecule has 2 atom stereocenters. The van der Waals surface area contributed by atoms with Gasteiger partial charge >= 0.3 is 0 Å². The standard InChI is InChI=1S/C24H50O7/c1-3-5-7-9-11-23(21-29-19-17-27-15-13-25)31-24(12-10-8-6-4-2)22-30-20-18-28-16-14-26/h23-26H,3-22H2,1-2H3. The number of unbranched alkanes of at least 4 members (excludes halogenated alkanes) is 6. The highest BCUT2D eigenvalue weighted by molar-refractivity contribution is 4.65. The van der Waals surface area contributed by atoms with Gasteiger partial charge in [0.05, 0.1) is 78.3 Å². The van der Waals surface area contributed by atoms with Crippen LogP contribution in [0, 0.1) is 0 Å². The molecule has 188 valence electrons. The van der Waals surface area contributed by atoms with Crippen LogP contribution >= 0.6 is 0 Å². The van der Waals surface area contributed by atoms with Crippen LogP contribution in [0.3, 0.4) is 0 Å². The van der Waals surface area contributed by atoms with Crippen molar-refractivity contribution in [1.29, 1.82) is 0 Å². The average Bonchev–Trinajstić information content (AvgIpc) is 2.78. The van der Waals surface area contributed by atoms with Gasteiger partial charge in [0.2, 0.25) is 0 Å². The van der Waals surface area contributed by atoms with Crippen molar-refractivity contribution in [2.24, 2.45) is 0 Å². The lowest BCUT2D eigenvalue weighted by Gasteiger charge is -2.25. The predicted molar refractivity (Wildman–Crippen MR) is 124 cm³/mol. The molecule has 0 aromatic rings. The van der Waals surface area contributed by atoms with Gasteiger partial charge in [-0.2, -0.15) is 0 Å². The van der Waals surface area contributed by atoms with Crippen LogP contribution in [0.2, 0.25) is 0 Å². The largest absolute Gasteiger partial charge is 0.394 e. The fourth-order valence-corrected chi connectivity index (χ4v) is 3.25. The minimum atomic E-state index is 0.0356. The van der Waals surface area contributed by atoms with E-state index in [1.54, 1.807) is 0 Å². The zero-order chi connectivity index (χ0) is 22.8. The van der Waals surface area contributed by atoms with Gasteiger partial charge in [0.1, 0.15) is 0 Å². The summed E-state index contributed by atoms with van der Waals surface area (Å²) < 4.78 is 28.6. The molecule has 2 unspecified atom stereocenters. The molecule has 7 heteroatoms. The second kappa shape index (κ2) is 26.0. The van der Waals surface area contributed by atoms with Crippen molar-refractivity contribution >= 4 is 0 Å². The van der Waals surface area contributed by atoms with Crippen LogP contribution in [0.15, 0.2) is 0 Å². The molecule has 0 saturated carbocycles. The molecule has 31 heavy (non-hydrogen) atoms. The molecule has 0 heterocycles. The normalized spacial score (nSPS) is 13.5. The summed E-state index contributed by atoms with van der Waals surface area (Å²) >= 11 is 0. The Bertz CT molecular complexity index is 301. The van der Waals surface area contributed by atoms with E-state index in [0.29, 0.717) is 52.9 Å². The molecular weight excluding hydrogens is 400 g/mol. The molecule has 0 aliphatic rings. The Morgan fingerprint density at radius 3 is 1.32 bits per heavy atom. The molecule has 0 bridgehead atoms. The molecule has 0 aliphatic carbocycles. The first kappa shape index (κ1) is 30.7. The molecule has 0 aromatic carbocycles. The highest BCUT2D eigenvalue weighted by Gasteiger charge is 2.17. The molecule has 0 spiro atoms. The van der Waals surface area contributed by atoms with Gasteiger partial charge in [0.25, 0.3) is 0 Å². The number of hydrogen-bond acceptors (Lipinski definition) is 7. The van der Waals surface area contributed by atoms with Crippen LogP contribution in [0.25, 0.3) is 0 Å². The van der Waals surface area contributed by atoms with Crippen molar-refractivity contribution < 1.29 is 33.9 Å². The molecule has 0 aromatic heterocycles. The highest BCUT2D eigenvalue weighted by Crippen LogP contribution is 2.16. The third kappa shape index (κ3) is 22.7. The van der Waals surface area contributed by atoms with Gasteiger partial charge in [-0.15, -0.1) is 0 Å². The molecule has 0 fully saturated rings. The topological polar surface area (TPSA) is 86.6 Å². The van der Waals surface area contributed by atoms with Gasteiger partial charge in [-0.3, -0.25) is 0 Å². The first-order chi connectivity index (χ1) is 15.3. The van der Waals surface area contributed by atoms with E-state index in [-0.39, 0.29) is 25.4 Å². The highest BCUT2D eigenvalue weighted by atomic mass is 16.6. The van der Waals surface area contributed by atoms with E-state index >= 15 is 0 Å². The lowest BCUT2D eigenvalue weighted by Crippen LogP contribution is -2.30. The molecule has 0 radical (unpaired) electrons. The van der Waals surface area contributed by atoms with E-state index < -0.39 is 0 Å². The smallest absolute Gasteiger partial charge is 0.0813 e. The summed E-state index contributed by atoms with van der Waals surface area (Å²) in [7, 11) is 0. The molecule has 2 N–H and O–H groups in total. The molecular formula is C24H50O7. The fraction of sp³-hybridized carbons (Fsp3) is 1.00. The molecule has 0 amide bonds. The maximum atomic E-state index is 8.77. The van der Waals surface area contributed by atoms with Crippen molar-refractivity contribution in [3.63, 3.8) is 0 Å². The van der Waals surface area contributed by atoms with Crippen LogP contribution in [0.1, 0.15) is 78.1 Å². The van der Waals surface area contributed by atoms with Crippen molar-refractivity contribution in [3.05, 3.63) is 0 Å². The first-order valence-corrected chi connectivity index (χ1v) is 12.5. The van der Waals surface area contributed by atoms with Crippen LogP contribution in [-0.4, -0.2) is 88.5 Å². The Balaban J connectivity index is 4.47. The number of aliphatic hydroxyl groups excluding tert-OH is 2. The van der Waals surface area contributed by atoms with E-state index in [1.807, 2.05) is 0 Å². The van der Waals surface area contributed by atoms with E-state index in [9.17, 15) is 0 Å². The van der Waals surface area contributed by atoms with Crippen LogP contribution in [-0.2, 0) is 23.7 Å². The number of hydrogen-bond donors (Lipinski definition) is 2. The molecule has 7 nitrogen and oxygen atoms in total. The monoisotopic (exact) mass is 450 g/mol. The lowest BCUT2D eigenvalue weighted by atomic mass is 10.1. The number of aliphatic hydroxyl groups is 2. The Labute approximate surface area is 190 Å². The minimum Gasteiger partial charge on any atom is -0.394 e. The Morgan fingerprint density at radius 2 is 0.935 bits per heavy atom. The summed E-state index contributed by atoms with van der Waals surface area (Å²) in [5.74, 6) is 0. The van der Waals surface area contributed by atoms with Gasteiger partial charge in [-0.25, -0.2) is 0 Å². The van der Waals surface area contributed by atoms with E-state index in [4.69, 9.17) is 33.9 Å². The van der Waals surface area contributed by atoms with Crippen molar-refractivity contribution in [1.82, 2.24) is 0 Å². The summed E-state index contributed by atoms with van der Waals surface area (Å²) in [4.78, 5) is 0. The Hall–Kier alpha value is -0.280. The molecule has 0 aliphatic heterocycles. The summed E-state index contributed by atoms with van der Waals surface area (Å²) in [5.41, 5.74) is 0. The Morgan fingerprint density at radius 1 is 0.516 bits per heavy atom. The third-order valence-electron chi connectivity index (χ3n) is 4.97. The second-order valence-electron chi connectivity index (χ2n) is 7.90. The second-order valence-corrected chi connectivity index (χ2v) is 7.90. The van der Waals surface area contributed by atoms with Gasteiger partial charge in [0, 0.05) is 0 Å². The van der Waals surface area contributed by atoms with Gasteiger partial charge in [0.15, 0.2) is 0 Å². The third-order valence-corrected chi connectivity index (χ3v) is 4.97. The fourth-order valence-electron chi connectivity index (χ4n) is 3.25. The van der Waals surface area contributed by atoms with Crippen molar-refractivity contribution in [3.8, 4) is 0 Å². The lowest BCUT2D eigenvalue weighted by molar-refractivity contribution is -0.0991. The van der Waals surface area contributed by atoms with Crippen LogP contribution in [0.4, 0.5) is 0 Å². The SMILES string of the molecule is CCCCCCC(COCCOCCO)OC(CCCCCC)COCCOCCO. The van der Waals surface area contributed by atoms with E-state index in [1.165, 1.54) is 38.5 Å². The van der Waals surface area contributed by atoms with Gasteiger partial charge < -0.3 is 33.9 Å². The van der Waals surface area contributed by atoms with Crippen LogP contribution < -0.4 is 0 Å². The Kier molecular flexibility index (Phi) is 25.7. The average molecular weight is 451 g/mol. The number of ether oxygens (including phenoxy) is 5. The van der Waals surface area contributed by atoms with Gasteiger partial charge in [-0.05, 0) is 12.8 Å². The molecule has 0 saturated heterocycles. The van der Waals surface area contributed by atoms with E-state index in [2.05, 4.69) is 13.8 Å². The summed E-state index contributed by atoms with van der Waals surface area (Å²) in [6.07, 6.45) is 11.7. The zero-order valence-electron chi connectivity index (χ0n) is 20.2.